The topological polar surface area (TPSA) is 43.9 Å². The summed E-state index contributed by atoms with van der Waals surface area (Å²) in [6.45, 7) is 7.50. The molecule has 1 saturated carbocycles. The molecule has 0 bridgehead atoms. The normalized spacial score (nSPS) is 29.1. The second-order valence-electron chi connectivity index (χ2n) is 7.55. The lowest BCUT2D eigenvalue weighted by atomic mass is 9.61. The van der Waals surface area contributed by atoms with Gasteiger partial charge >= 0.3 is 0 Å². The molecule has 3 aliphatic rings. The van der Waals surface area contributed by atoms with Crippen LogP contribution in [0.2, 0.25) is 0 Å². The van der Waals surface area contributed by atoms with Crippen LogP contribution in [0.3, 0.4) is 0 Å². The Morgan fingerprint density at radius 2 is 1.68 bits per heavy atom. The van der Waals surface area contributed by atoms with Crippen LogP contribution in [-0.2, 0) is 9.59 Å². The number of likely N-dealkylation sites (tertiary alicyclic amines) is 1. The predicted molar refractivity (Wildman–Crippen MR) is 85.4 cm³/mol. The van der Waals surface area contributed by atoms with Crippen molar-refractivity contribution < 1.29 is 9.59 Å². The third-order valence-electron chi connectivity index (χ3n) is 5.81. The van der Waals surface area contributed by atoms with E-state index in [1.165, 1.54) is 6.42 Å². The van der Waals surface area contributed by atoms with Gasteiger partial charge in [0.2, 0.25) is 11.8 Å². The van der Waals surface area contributed by atoms with E-state index in [2.05, 4.69) is 11.9 Å². The van der Waals surface area contributed by atoms with Gasteiger partial charge in [-0.15, -0.1) is 0 Å². The first kappa shape index (κ1) is 15.8. The highest BCUT2D eigenvalue weighted by Gasteiger charge is 2.64. The van der Waals surface area contributed by atoms with E-state index in [4.69, 9.17) is 0 Å². The molecular weight excluding hydrogens is 278 g/mol. The van der Waals surface area contributed by atoms with Crippen LogP contribution < -0.4 is 0 Å². The van der Waals surface area contributed by atoms with Gasteiger partial charge in [0.1, 0.15) is 6.04 Å². The van der Waals surface area contributed by atoms with Crippen molar-refractivity contribution >= 4 is 11.8 Å². The Morgan fingerprint density at radius 3 is 2.23 bits per heavy atom. The molecule has 1 aliphatic carbocycles. The molecule has 5 nitrogen and oxygen atoms in total. The number of hydrogen-bond donors (Lipinski definition) is 0. The molecule has 2 saturated heterocycles. The molecule has 1 spiro atoms. The number of hydrogen-bond acceptors (Lipinski definition) is 3. The van der Waals surface area contributed by atoms with E-state index in [-0.39, 0.29) is 29.3 Å². The number of amides is 2. The Bertz CT molecular complexity index is 449. The summed E-state index contributed by atoms with van der Waals surface area (Å²) < 4.78 is 0. The Morgan fingerprint density at radius 1 is 1.09 bits per heavy atom. The number of likely N-dealkylation sites (N-methyl/N-ethyl adjacent to an activating group) is 1. The van der Waals surface area contributed by atoms with Gasteiger partial charge in [0.15, 0.2) is 0 Å². The number of carbonyl (C=O) groups is 2. The van der Waals surface area contributed by atoms with E-state index in [0.717, 1.165) is 51.9 Å². The highest BCUT2D eigenvalue weighted by atomic mass is 16.2. The first-order chi connectivity index (χ1) is 10.5. The highest BCUT2D eigenvalue weighted by Crippen LogP contribution is 2.51. The molecule has 1 unspecified atom stereocenters. The third-order valence-corrected chi connectivity index (χ3v) is 5.81. The van der Waals surface area contributed by atoms with Crippen molar-refractivity contribution in [3.8, 4) is 0 Å². The van der Waals surface area contributed by atoms with Gasteiger partial charge < -0.3 is 14.7 Å². The average Bonchev–Trinajstić information content (AvgIpc) is 2.52. The summed E-state index contributed by atoms with van der Waals surface area (Å²) in [6, 6.07) is -0.0924. The fourth-order valence-corrected chi connectivity index (χ4v) is 4.45. The molecule has 0 aromatic rings. The monoisotopic (exact) mass is 307 g/mol. The molecule has 1 atom stereocenters. The number of carbonyl (C=O) groups excluding carboxylic acids is 2. The van der Waals surface area contributed by atoms with Gasteiger partial charge in [0.05, 0.1) is 5.41 Å². The number of rotatable bonds is 2. The largest absolute Gasteiger partial charge is 0.338 e. The van der Waals surface area contributed by atoms with E-state index >= 15 is 0 Å². The van der Waals surface area contributed by atoms with Gasteiger partial charge in [0.25, 0.3) is 0 Å². The minimum absolute atomic E-state index is 0.112. The molecule has 0 radical (unpaired) electrons. The Hall–Kier alpha value is -1.10. The predicted octanol–water partition coefficient (Wildman–Crippen LogP) is 1.33. The molecule has 2 amide bonds. The molecule has 22 heavy (non-hydrogen) atoms. The lowest BCUT2D eigenvalue weighted by Gasteiger charge is -2.59. The van der Waals surface area contributed by atoms with Crippen molar-refractivity contribution in [2.45, 2.75) is 58.0 Å². The molecular formula is C17H29N3O2. The molecule has 5 heteroatoms. The minimum atomic E-state index is -0.372. The van der Waals surface area contributed by atoms with E-state index in [1.54, 1.807) is 0 Å². The smallest absolute Gasteiger partial charge is 0.246 e. The number of piperazine rings is 1. The van der Waals surface area contributed by atoms with Crippen LogP contribution in [0.1, 0.15) is 46.0 Å². The minimum Gasteiger partial charge on any atom is -0.338 e. The maximum Gasteiger partial charge on any atom is 0.246 e. The zero-order valence-electron chi connectivity index (χ0n) is 14.2. The summed E-state index contributed by atoms with van der Waals surface area (Å²) in [6.07, 6.45) is 5.18. The van der Waals surface area contributed by atoms with Gasteiger partial charge in [-0.25, -0.2) is 0 Å². The molecule has 3 rings (SSSR count). The van der Waals surface area contributed by atoms with Crippen LogP contribution in [0.5, 0.6) is 0 Å². The fourth-order valence-electron chi connectivity index (χ4n) is 4.45. The standard InChI is InChI=1S/C17H29N3O2/c1-13(2)20-14(15(21)19-11-9-18(3)10-12-19)17(16(20)22)7-5-4-6-8-17/h13-14H,4-12H2,1-3H3. The van der Waals surface area contributed by atoms with E-state index in [9.17, 15) is 9.59 Å². The van der Waals surface area contributed by atoms with Crippen molar-refractivity contribution in [3.63, 3.8) is 0 Å². The van der Waals surface area contributed by atoms with E-state index in [1.807, 2.05) is 23.6 Å². The maximum atomic E-state index is 13.1. The third kappa shape index (κ3) is 2.34. The fraction of sp³-hybridized carbons (Fsp3) is 0.882. The lowest BCUT2D eigenvalue weighted by molar-refractivity contribution is -0.190. The maximum absolute atomic E-state index is 13.1. The summed E-state index contributed by atoms with van der Waals surface area (Å²) in [5.41, 5.74) is -0.372. The zero-order valence-corrected chi connectivity index (χ0v) is 14.2. The molecule has 0 N–H and O–H groups in total. The van der Waals surface area contributed by atoms with Crippen molar-refractivity contribution in [2.24, 2.45) is 5.41 Å². The van der Waals surface area contributed by atoms with E-state index < -0.39 is 0 Å². The lowest BCUT2D eigenvalue weighted by Crippen LogP contribution is -2.75. The first-order valence-electron chi connectivity index (χ1n) is 8.77. The van der Waals surface area contributed by atoms with Crippen LogP contribution >= 0.6 is 0 Å². The molecule has 3 fully saturated rings. The SMILES string of the molecule is CC(C)N1C(=O)C2(CCCCC2)C1C(=O)N1CCN(C)CC1. The van der Waals surface area contributed by atoms with Crippen molar-refractivity contribution in [1.82, 2.24) is 14.7 Å². The number of β-lactam (4-membered cyclic amide) rings is 1. The molecule has 124 valence electrons. The van der Waals surface area contributed by atoms with Crippen LogP contribution in [0.4, 0.5) is 0 Å². The second-order valence-corrected chi connectivity index (χ2v) is 7.55. The van der Waals surface area contributed by atoms with Gasteiger partial charge in [-0.2, -0.15) is 0 Å². The first-order valence-corrected chi connectivity index (χ1v) is 8.77. The summed E-state index contributed by atoms with van der Waals surface area (Å²) >= 11 is 0. The Labute approximate surface area is 133 Å². The van der Waals surface area contributed by atoms with Crippen molar-refractivity contribution in [3.05, 3.63) is 0 Å². The summed E-state index contributed by atoms with van der Waals surface area (Å²) in [5, 5.41) is 0. The van der Waals surface area contributed by atoms with Gasteiger partial charge in [-0.3, -0.25) is 9.59 Å². The van der Waals surface area contributed by atoms with E-state index in [0.29, 0.717) is 0 Å². The van der Waals surface area contributed by atoms with Crippen molar-refractivity contribution in [2.75, 3.05) is 33.2 Å². The summed E-state index contributed by atoms with van der Waals surface area (Å²) in [7, 11) is 2.09. The summed E-state index contributed by atoms with van der Waals surface area (Å²) in [5.74, 6) is 0.429. The zero-order chi connectivity index (χ0) is 15.9. The van der Waals surface area contributed by atoms with Gasteiger partial charge in [-0.05, 0) is 33.7 Å². The van der Waals surface area contributed by atoms with Crippen LogP contribution in [0.25, 0.3) is 0 Å². The average molecular weight is 307 g/mol. The van der Waals surface area contributed by atoms with Crippen LogP contribution in [0.15, 0.2) is 0 Å². The van der Waals surface area contributed by atoms with Gasteiger partial charge in [-0.1, -0.05) is 19.3 Å². The molecule has 2 aliphatic heterocycles. The Kier molecular flexibility index (Phi) is 4.19. The van der Waals surface area contributed by atoms with Crippen LogP contribution in [-0.4, -0.2) is 71.8 Å². The highest BCUT2D eigenvalue weighted by molar-refractivity contribution is 6.02. The Balaban J connectivity index is 1.80. The molecule has 2 heterocycles. The van der Waals surface area contributed by atoms with Gasteiger partial charge in [0, 0.05) is 32.2 Å². The second kappa shape index (κ2) is 5.84. The molecule has 0 aromatic carbocycles. The molecule has 0 aromatic heterocycles. The summed E-state index contributed by atoms with van der Waals surface area (Å²) in [4.78, 5) is 32.0. The quantitative estimate of drug-likeness (QED) is 0.723. The number of nitrogens with zero attached hydrogens (tertiary/aromatic N) is 3. The van der Waals surface area contributed by atoms with Crippen molar-refractivity contribution in [1.29, 1.82) is 0 Å². The van der Waals surface area contributed by atoms with Crippen LogP contribution in [0, 0.1) is 5.41 Å².